The largest absolute Gasteiger partial charge is 0.494 e. The van der Waals surface area contributed by atoms with Gasteiger partial charge in [0.1, 0.15) is 5.76 Å². The first-order valence-electron chi connectivity index (χ1n) is 5.43. The van der Waals surface area contributed by atoms with E-state index in [1.54, 1.807) is 0 Å². The van der Waals surface area contributed by atoms with Crippen LogP contribution in [-0.2, 0) is 11.2 Å². The molecule has 15 heavy (non-hydrogen) atoms. The SMILES string of the molecule is C=C(OCC)c1ccc2c(c1)C(N)CC2. The molecule has 0 fully saturated rings. The molecule has 0 spiro atoms. The van der Waals surface area contributed by atoms with Gasteiger partial charge in [-0.25, -0.2) is 0 Å². The first-order chi connectivity index (χ1) is 7.22. The van der Waals surface area contributed by atoms with Gasteiger partial charge in [0.25, 0.3) is 0 Å². The van der Waals surface area contributed by atoms with Gasteiger partial charge in [0.05, 0.1) is 6.61 Å². The third-order valence-corrected chi connectivity index (χ3v) is 2.91. The number of fused-ring (bicyclic) bond motifs is 1. The number of hydrogen-bond donors (Lipinski definition) is 1. The Morgan fingerprint density at radius 1 is 1.60 bits per heavy atom. The first kappa shape index (κ1) is 10.2. The Morgan fingerprint density at radius 3 is 3.13 bits per heavy atom. The van der Waals surface area contributed by atoms with Gasteiger partial charge in [0, 0.05) is 11.6 Å². The predicted molar refractivity (Wildman–Crippen MR) is 62.4 cm³/mol. The Balaban J connectivity index is 2.29. The first-order valence-corrected chi connectivity index (χ1v) is 5.43. The fourth-order valence-electron chi connectivity index (χ4n) is 2.07. The van der Waals surface area contributed by atoms with Crippen molar-refractivity contribution in [1.29, 1.82) is 0 Å². The lowest BCUT2D eigenvalue weighted by Gasteiger charge is -2.10. The van der Waals surface area contributed by atoms with Gasteiger partial charge >= 0.3 is 0 Å². The molecule has 80 valence electrons. The molecule has 0 aliphatic heterocycles. The molecular formula is C13H17NO. The van der Waals surface area contributed by atoms with Crippen LogP contribution in [-0.4, -0.2) is 6.61 Å². The lowest BCUT2D eigenvalue weighted by molar-refractivity contribution is 0.299. The van der Waals surface area contributed by atoms with Gasteiger partial charge in [-0.3, -0.25) is 0 Å². The van der Waals surface area contributed by atoms with Crippen LogP contribution in [0.1, 0.15) is 36.1 Å². The second kappa shape index (κ2) is 4.07. The summed E-state index contributed by atoms with van der Waals surface area (Å²) in [4.78, 5) is 0. The van der Waals surface area contributed by atoms with E-state index < -0.39 is 0 Å². The fourth-order valence-corrected chi connectivity index (χ4v) is 2.07. The van der Waals surface area contributed by atoms with Gasteiger partial charge in [0.15, 0.2) is 0 Å². The van der Waals surface area contributed by atoms with Crippen LogP contribution < -0.4 is 5.73 Å². The molecule has 1 aromatic carbocycles. The molecule has 0 saturated carbocycles. The normalized spacial score (nSPS) is 18.7. The third-order valence-electron chi connectivity index (χ3n) is 2.91. The summed E-state index contributed by atoms with van der Waals surface area (Å²) < 4.78 is 5.39. The quantitative estimate of drug-likeness (QED) is 0.766. The zero-order valence-electron chi connectivity index (χ0n) is 9.12. The van der Waals surface area contributed by atoms with Crippen molar-refractivity contribution >= 4 is 5.76 Å². The fraction of sp³-hybridized carbons (Fsp3) is 0.385. The van der Waals surface area contributed by atoms with Crippen LogP contribution in [0.5, 0.6) is 0 Å². The number of rotatable bonds is 3. The van der Waals surface area contributed by atoms with Gasteiger partial charge in [-0.1, -0.05) is 18.7 Å². The van der Waals surface area contributed by atoms with E-state index in [-0.39, 0.29) is 6.04 Å². The van der Waals surface area contributed by atoms with Crippen LogP contribution in [0.25, 0.3) is 5.76 Å². The molecule has 0 heterocycles. The number of ether oxygens (including phenoxy) is 1. The minimum absolute atomic E-state index is 0.189. The highest BCUT2D eigenvalue weighted by Gasteiger charge is 2.19. The summed E-state index contributed by atoms with van der Waals surface area (Å²) in [5.41, 5.74) is 9.70. The monoisotopic (exact) mass is 203 g/mol. The number of benzene rings is 1. The van der Waals surface area contributed by atoms with Gasteiger partial charge in [-0.05, 0) is 37.0 Å². The average Bonchev–Trinajstić information content (AvgIpc) is 2.60. The van der Waals surface area contributed by atoms with E-state index in [0.717, 1.165) is 24.2 Å². The van der Waals surface area contributed by atoms with Crippen molar-refractivity contribution in [1.82, 2.24) is 0 Å². The molecule has 1 atom stereocenters. The number of nitrogens with two attached hydrogens (primary N) is 1. The van der Waals surface area contributed by atoms with Crippen molar-refractivity contribution in [3.8, 4) is 0 Å². The second-order valence-corrected chi connectivity index (χ2v) is 3.91. The topological polar surface area (TPSA) is 35.2 Å². The van der Waals surface area contributed by atoms with Crippen LogP contribution in [0.4, 0.5) is 0 Å². The highest BCUT2D eigenvalue weighted by atomic mass is 16.5. The minimum atomic E-state index is 0.189. The Labute approximate surface area is 90.7 Å². The molecule has 2 N–H and O–H groups in total. The highest BCUT2D eigenvalue weighted by molar-refractivity contribution is 5.59. The Hall–Kier alpha value is -1.28. The molecule has 0 bridgehead atoms. The molecule has 2 heteroatoms. The summed E-state index contributed by atoms with van der Waals surface area (Å²) in [6.45, 7) is 6.52. The Kier molecular flexibility index (Phi) is 2.78. The molecule has 1 unspecified atom stereocenters. The third kappa shape index (κ3) is 1.90. The van der Waals surface area contributed by atoms with E-state index in [0.29, 0.717) is 6.61 Å². The second-order valence-electron chi connectivity index (χ2n) is 3.91. The summed E-state index contributed by atoms with van der Waals surface area (Å²) in [7, 11) is 0. The zero-order chi connectivity index (χ0) is 10.8. The van der Waals surface area contributed by atoms with Gasteiger partial charge < -0.3 is 10.5 Å². The highest BCUT2D eigenvalue weighted by Crippen LogP contribution is 2.31. The van der Waals surface area contributed by atoms with E-state index in [2.05, 4.69) is 24.8 Å². The maximum absolute atomic E-state index is 6.02. The van der Waals surface area contributed by atoms with Crippen LogP contribution >= 0.6 is 0 Å². The van der Waals surface area contributed by atoms with Gasteiger partial charge in [-0.2, -0.15) is 0 Å². The zero-order valence-corrected chi connectivity index (χ0v) is 9.12. The smallest absolute Gasteiger partial charge is 0.119 e. The van der Waals surface area contributed by atoms with E-state index in [1.165, 1.54) is 11.1 Å². The van der Waals surface area contributed by atoms with Crippen molar-refractivity contribution in [2.45, 2.75) is 25.8 Å². The maximum Gasteiger partial charge on any atom is 0.119 e. The number of hydrogen-bond acceptors (Lipinski definition) is 2. The van der Waals surface area contributed by atoms with Crippen molar-refractivity contribution in [3.05, 3.63) is 41.5 Å². The Bertz CT molecular complexity index is 384. The maximum atomic E-state index is 6.02. The lowest BCUT2D eigenvalue weighted by atomic mass is 10.0. The molecule has 2 rings (SSSR count). The van der Waals surface area contributed by atoms with Crippen LogP contribution in [0.2, 0.25) is 0 Å². The molecule has 0 radical (unpaired) electrons. The Morgan fingerprint density at radius 2 is 2.40 bits per heavy atom. The standard InChI is InChI=1S/C13H17NO/c1-3-15-9(2)11-5-4-10-6-7-13(14)12(10)8-11/h4-5,8,13H,2-3,6-7,14H2,1H3. The van der Waals surface area contributed by atoms with Gasteiger partial charge in [0.2, 0.25) is 0 Å². The molecule has 1 aromatic rings. The van der Waals surface area contributed by atoms with Crippen LogP contribution in [0.15, 0.2) is 24.8 Å². The number of aryl methyl sites for hydroxylation is 1. The van der Waals surface area contributed by atoms with Crippen molar-refractivity contribution in [2.24, 2.45) is 5.73 Å². The summed E-state index contributed by atoms with van der Waals surface area (Å²) in [5.74, 6) is 0.736. The summed E-state index contributed by atoms with van der Waals surface area (Å²) in [6.07, 6.45) is 2.15. The van der Waals surface area contributed by atoms with E-state index in [4.69, 9.17) is 10.5 Å². The van der Waals surface area contributed by atoms with E-state index in [9.17, 15) is 0 Å². The molecule has 0 aromatic heterocycles. The lowest BCUT2D eigenvalue weighted by Crippen LogP contribution is -2.05. The molecule has 2 nitrogen and oxygen atoms in total. The van der Waals surface area contributed by atoms with Crippen molar-refractivity contribution < 1.29 is 4.74 Å². The summed E-state index contributed by atoms with van der Waals surface area (Å²) in [5, 5.41) is 0. The predicted octanol–water partition coefficient (Wildman–Crippen LogP) is 2.64. The minimum Gasteiger partial charge on any atom is -0.494 e. The van der Waals surface area contributed by atoms with E-state index >= 15 is 0 Å². The molecule has 0 saturated heterocycles. The molecular weight excluding hydrogens is 186 g/mol. The average molecular weight is 203 g/mol. The molecule has 1 aliphatic rings. The molecule has 0 amide bonds. The van der Waals surface area contributed by atoms with Gasteiger partial charge in [-0.15, -0.1) is 0 Å². The van der Waals surface area contributed by atoms with E-state index in [1.807, 2.05) is 6.92 Å². The van der Waals surface area contributed by atoms with Crippen LogP contribution in [0, 0.1) is 0 Å². The summed E-state index contributed by atoms with van der Waals surface area (Å²) in [6, 6.07) is 6.51. The summed E-state index contributed by atoms with van der Waals surface area (Å²) >= 11 is 0. The van der Waals surface area contributed by atoms with Crippen LogP contribution in [0.3, 0.4) is 0 Å². The molecule has 1 aliphatic carbocycles. The van der Waals surface area contributed by atoms with Crippen molar-refractivity contribution in [3.63, 3.8) is 0 Å². The van der Waals surface area contributed by atoms with Crippen molar-refractivity contribution in [2.75, 3.05) is 6.61 Å².